The van der Waals surface area contributed by atoms with Crippen molar-refractivity contribution in [3.63, 3.8) is 0 Å². The second-order valence-corrected chi connectivity index (χ2v) is 15.6. The van der Waals surface area contributed by atoms with Crippen LogP contribution >= 0.6 is 34.7 Å². The molecule has 1 atom stereocenters. The lowest BCUT2D eigenvalue weighted by Crippen LogP contribution is -2.33. The molecule has 0 radical (unpaired) electrons. The molecular weight excluding hydrogens is 580 g/mol. The van der Waals surface area contributed by atoms with Crippen LogP contribution in [0.1, 0.15) is 51.5 Å². The molecule has 0 fully saturated rings. The highest BCUT2D eigenvalue weighted by Crippen LogP contribution is 2.45. The molecule has 1 aliphatic heterocycles. The van der Waals surface area contributed by atoms with Gasteiger partial charge in [0.1, 0.15) is 11.2 Å². The monoisotopic (exact) mass is 615 g/mol. The highest BCUT2D eigenvalue weighted by molar-refractivity contribution is 8.00. The number of thiazole rings is 1. The molecule has 0 amide bonds. The minimum absolute atomic E-state index is 0.164. The highest BCUT2D eigenvalue weighted by atomic mass is 35.5. The molecule has 2 heterocycles. The Morgan fingerprint density at radius 2 is 2.00 bits per heavy atom. The highest BCUT2D eigenvalue weighted by Gasteiger charge is 2.30. The summed E-state index contributed by atoms with van der Waals surface area (Å²) >= 11 is 9.93. The van der Waals surface area contributed by atoms with Crippen LogP contribution in [0.4, 0.5) is 5.69 Å². The Morgan fingerprint density at radius 1 is 1.20 bits per heavy atom. The number of hydrogen-bond acceptors (Lipinski definition) is 5. The van der Waals surface area contributed by atoms with Gasteiger partial charge >= 0.3 is 0 Å². The fourth-order valence-electron chi connectivity index (χ4n) is 5.73. The van der Waals surface area contributed by atoms with Crippen molar-refractivity contribution in [2.75, 3.05) is 17.2 Å². The molecule has 2 aromatic carbocycles. The van der Waals surface area contributed by atoms with E-state index in [1.807, 2.05) is 41.3 Å². The SMILES string of the molecule is CC[n+]1c(C=C2C=C(C=CCC3Sc4ccccc4N3CCCS(=O)(=O)O)CC(C)(C)C2)sc2ccc(Cl)cc21. The van der Waals surface area contributed by atoms with Crippen molar-refractivity contribution in [1.29, 1.82) is 0 Å². The van der Waals surface area contributed by atoms with Crippen LogP contribution in [0.15, 0.2) is 76.7 Å². The van der Waals surface area contributed by atoms with E-state index in [1.54, 1.807) is 0 Å². The smallest absolute Gasteiger partial charge is 0.264 e. The quantitative estimate of drug-likeness (QED) is 0.194. The lowest BCUT2D eigenvalue weighted by atomic mass is 9.75. The number of benzene rings is 2. The second kappa shape index (κ2) is 12.0. The molecule has 9 heteroatoms. The van der Waals surface area contributed by atoms with Crippen molar-refractivity contribution in [2.45, 2.75) is 63.3 Å². The van der Waals surface area contributed by atoms with Crippen LogP contribution in [-0.2, 0) is 16.7 Å². The van der Waals surface area contributed by atoms with E-state index in [1.165, 1.54) is 31.3 Å². The van der Waals surface area contributed by atoms with E-state index in [2.05, 4.69) is 78.8 Å². The molecule has 5 rings (SSSR count). The number of halogens is 1. The summed E-state index contributed by atoms with van der Waals surface area (Å²) in [7, 11) is -3.96. The van der Waals surface area contributed by atoms with Crippen LogP contribution < -0.4 is 9.47 Å². The van der Waals surface area contributed by atoms with Crippen molar-refractivity contribution in [2.24, 2.45) is 5.41 Å². The molecule has 3 aromatic rings. The van der Waals surface area contributed by atoms with Crippen molar-refractivity contribution in [1.82, 2.24) is 0 Å². The molecule has 1 aromatic heterocycles. The minimum Gasteiger partial charge on any atom is -0.358 e. The summed E-state index contributed by atoms with van der Waals surface area (Å²) in [5.41, 5.74) is 5.15. The summed E-state index contributed by atoms with van der Waals surface area (Å²) in [6.45, 7) is 8.32. The number of fused-ring (bicyclic) bond motifs is 2. The first-order valence-electron chi connectivity index (χ1n) is 13.7. The Balaban J connectivity index is 1.35. The summed E-state index contributed by atoms with van der Waals surface area (Å²) < 4.78 is 35.3. The first kappa shape index (κ1) is 29.4. The standard InChI is InChI=1S/C31H35ClN2O3S3/c1-4-33-26-19-24(32)13-14-28(26)39-30(33)18-23-17-22(20-31(2,3)21-23)9-7-12-29-34(15-8-16-40(35,36)37)25-10-5-6-11-27(25)38-29/h5-7,9-11,13-14,17-19,29H,4,8,12,15-16,20-21H2,1-3H3/p+1. The third-order valence-corrected chi connectivity index (χ3v) is 10.8. The molecule has 0 spiro atoms. The molecule has 0 saturated carbocycles. The van der Waals surface area contributed by atoms with E-state index in [0.29, 0.717) is 13.0 Å². The number of para-hydroxylation sites is 1. The first-order chi connectivity index (χ1) is 19.0. The third kappa shape index (κ3) is 7.02. The number of anilines is 1. The summed E-state index contributed by atoms with van der Waals surface area (Å²) in [4.78, 5) is 3.49. The topological polar surface area (TPSA) is 61.5 Å². The number of thioether (sulfide) groups is 1. The molecule has 5 nitrogen and oxygen atoms in total. The lowest BCUT2D eigenvalue weighted by Gasteiger charge is -2.30. The number of hydrogen-bond donors (Lipinski definition) is 1. The second-order valence-electron chi connectivity index (χ2n) is 11.3. The van der Waals surface area contributed by atoms with Gasteiger partial charge in [0.2, 0.25) is 5.52 Å². The fourth-order valence-corrected chi connectivity index (χ4v) is 8.88. The van der Waals surface area contributed by atoms with E-state index < -0.39 is 10.1 Å². The zero-order valence-corrected chi connectivity index (χ0v) is 26.3. The maximum Gasteiger partial charge on any atom is 0.264 e. The average Bonchev–Trinajstić information content (AvgIpc) is 3.39. The van der Waals surface area contributed by atoms with E-state index in [-0.39, 0.29) is 16.5 Å². The molecule has 0 saturated heterocycles. The average molecular weight is 616 g/mol. The molecule has 212 valence electrons. The number of nitrogens with zero attached hydrogens (tertiary/aromatic N) is 2. The van der Waals surface area contributed by atoms with Gasteiger partial charge in [0.05, 0.1) is 16.8 Å². The summed E-state index contributed by atoms with van der Waals surface area (Å²) in [6, 6.07) is 14.4. The number of aromatic nitrogens is 1. The van der Waals surface area contributed by atoms with Gasteiger partial charge in [0.15, 0.2) is 0 Å². The third-order valence-electron chi connectivity index (χ3n) is 7.31. The molecule has 0 bridgehead atoms. The number of rotatable bonds is 9. The Labute approximate surface area is 251 Å². The van der Waals surface area contributed by atoms with Gasteiger partial charge in [-0.3, -0.25) is 4.55 Å². The van der Waals surface area contributed by atoms with Crippen molar-refractivity contribution < 1.29 is 17.5 Å². The van der Waals surface area contributed by atoms with Gasteiger partial charge in [-0.1, -0.05) is 78.9 Å². The fraction of sp³-hybridized carbons (Fsp3) is 0.387. The zero-order valence-electron chi connectivity index (χ0n) is 23.1. The van der Waals surface area contributed by atoms with Gasteiger partial charge in [-0.15, -0.1) is 0 Å². The van der Waals surface area contributed by atoms with E-state index >= 15 is 0 Å². The van der Waals surface area contributed by atoms with Crippen LogP contribution in [-0.4, -0.2) is 30.6 Å². The molecule has 1 aliphatic carbocycles. The summed E-state index contributed by atoms with van der Waals surface area (Å²) in [5.74, 6) is -0.221. The van der Waals surface area contributed by atoms with E-state index in [0.717, 1.165) is 36.5 Å². The van der Waals surface area contributed by atoms with E-state index in [4.69, 9.17) is 11.6 Å². The predicted molar refractivity (Wildman–Crippen MR) is 170 cm³/mol. The first-order valence-corrected chi connectivity index (χ1v) is 17.4. The van der Waals surface area contributed by atoms with Gasteiger partial charge in [0, 0.05) is 28.6 Å². The summed E-state index contributed by atoms with van der Waals surface area (Å²) in [5, 5.41) is 2.20. The van der Waals surface area contributed by atoms with Gasteiger partial charge in [0.25, 0.3) is 15.1 Å². The van der Waals surface area contributed by atoms with Gasteiger partial charge in [-0.05, 0) is 73.4 Å². The van der Waals surface area contributed by atoms with Crippen LogP contribution in [0.3, 0.4) is 0 Å². The maximum atomic E-state index is 11.3. The molecule has 1 N–H and O–H groups in total. The Hall–Kier alpha value is -2.10. The molecule has 40 heavy (non-hydrogen) atoms. The predicted octanol–water partition coefficient (Wildman–Crippen LogP) is 8.15. The molecular formula is C31H36ClN2O3S3+. The maximum absolute atomic E-state index is 11.3. The van der Waals surface area contributed by atoms with Crippen LogP contribution in [0.25, 0.3) is 16.3 Å². The van der Waals surface area contributed by atoms with E-state index in [9.17, 15) is 13.0 Å². The molecule has 2 aliphatic rings. The van der Waals surface area contributed by atoms with Crippen LogP contribution in [0.2, 0.25) is 5.02 Å². The lowest BCUT2D eigenvalue weighted by molar-refractivity contribution is -0.665. The Kier molecular flexibility index (Phi) is 8.83. The van der Waals surface area contributed by atoms with Gasteiger partial charge < -0.3 is 4.90 Å². The van der Waals surface area contributed by atoms with Gasteiger partial charge in [-0.2, -0.15) is 13.0 Å². The van der Waals surface area contributed by atoms with Crippen molar-refractivity contribution in [3.05, 3.63) is 81.9 Å². The van der Waals surface area contributed by atoms with Crippen LogP contribution in [0.5, 0.6) is 0 Å². The summed E-state index contributed by atoms with van der Waals surface area (Å²) in [6.07, 6.45) is 12.5. The van der Waals surface area contributed by atoms with Crippen LogP contribution in [0, 0.1) is 5.41 Å². The minimum atomic E-state index is -3.96. The normalized spacial score (nSPS) is 20.0. The largest absolute Gasteiger partial charge is 0.358 e. The Morgan fingerprint density at radius 3 is 2.77 bits per heavy atom. The van der Waals surface area contributed by atoms with Crippen molar-refractivity contribution >= 4 is 66.8 Å². The van der Waals surface area contributed by atoms with Gasteiger partial charge in [-0.25, -0.2) is 0 Å². The molecule has 1 unspecified atom stereocenters. The number of allylic oxidation sites excluding steroid dienone is 4. The number of aryl methyl sites for hydroxylation is 1. The Bertz CT molecular complexity index is 1600. The zero-order chi connectivity index (χ0) is 28.5. The van der Waals surface area contributed by atoms with Crippen molar-refractivity contribution in [3.8, 4) is 0 Å².